The van der Waals surface area contributed by atoms with Crippen LogP contribution in [-0.4, -0.2) is 40.2 Å². The normalized spacial score (nSPS) is 27.1. The van der Waals surface area contributed by atoms with Crippen LogP contribution in [0.15, 0.2) is 4.52 Å². The van der Waals surface area contributed by atoms with E-state index < -0.39 is 0 Å². The summed E-state index contributed by atoms with van der Waals surface area (Å²) in [5.74, 6) is 1.33. The van der Waals surface area contributed by atoms with E-state index in [0.29, 0.717) is 18.1 Å². The number of likely N-dealkylation sites (tertiary alicyclic amines) is 1. The number of amides is 1. The number of aryl methyl sites for hydroxylation is 1. The van der Waals surface area contributed by atoms with Gasteiger partial charge in [0.05, 0.1) is 18.6 Å². The van der Waals surface area contributed by atoms with Crippen molar-refractivity contribution in [1.82, 2.24) is 15.0 Å². The van der Waals surface area contributed by atoms with Crippen LogP contribution in [0.4, 0.5) is 0 Å². The summed E-state index contributed by atoms with van der Waals surface area (Å²) in [6, 6.07) is -0.0219. The molecule has 1 amide bonds. The Bertz CT molecular complexity index is 454. The van der Waals surface area contributed by atoms with E-state index in [2.05, 4.69) is 10.1 Å². The summed E-state index contributed by atoms with van der Waals surface area (Å²) in [4.78, 5) is 18.5. The van der Waals surface area contributed by atoms with Gasteiger partial charge in [0.25, 0.3) is 0 Å². The highest BCUT2D eigenvalue weighted by atomic mass is 16.5. The molecule has 1 aromatic heterocycles. The summed E-state index contributed by atoms with van der Waals surface area (Å²) in [6.45, 7) is 3.33. The van der Waals surface area contributed by atoms with Gasteiger partial charge in [0.1, 0.15) is 0 Å². The molecule has 2 aliphatic rings. The van der Waals surface area contributed by atoms with Gasteiger partial charge in [0.2, 0.25) is 11.8 Å². The van der Waals surface area contributed by atoms with Gasteiger partial charge in [-0.25, -0.2) is 0 Å². The van der Waals surface area contributed by atoms with E-state index in [4.69, 9.17) is 9.26 Å². The van der Waals surface area contributed by atoms with Crippen molar-refractivity contribution in [2.24, 2.45) is 0 Å². The van der Waals surface area contributed by atoms with Crippen LogP contribution in [0.3, 0.4) is 0 Å². The second-order valence-electron chi connectivity index (χ2n) is 5.26. The van der Waals surface area contributed by atoms with Gasteiger partial charge >= 0.3 is 0 Å². The Morgan fingerprint density at radius 2 is 2.32 bits per heavy atom. The highest BCUT2D eigenvalue weighted by Crippen LogP contribution is 2.31. The third kappa shape index (κ3) is 2.63. The molecule has 2 fully saturated rings. The van der Waals surface area contributed by atoms with Crippen molar-refractivity contribution in [3.05, 3.63) is 11.7 Å². The number of hydrogen-bond donors (Lipinski definition) is 0. The molecule has 0 radical (unpaired) electrons. The molecule has 0 spiro atoms. The van der Waals surface area contributed by atoms with E-state index in [0.717, 1.165) is 38.8 Å². The van der Waals surface area contributed by atoms with Crippen molar-refractivity contribution in [3.8, 4) is 0 Å². The Morgan fingerprint density at radius 3 is 3.00 bits per heavy atom. The molecule has 0 saturated carbocycles. The van der Waals surface area contributed by atoms with Crippen molar-refractivity contribution in [2.45, 2.75) is 51.2 Å². The third-order valence-electron chi connectivity index (χ3n) is 3.84. The van der Waals surface area contributed by atoms with Crippen molar-refractivity contribution in [1.29, 1.82) is 0 Å². The van der Waals surface area contributed by atoms with Crippen LogP contribution < -0.4 is 0 Å². The summed E-state index contributed by atoms with van der Waals surface area (Å²) < 4.78 is 10.5. The Hall–Kier alpha value is -1.43. The van der Waals surface area contributed by atoms with Crippen molar-refractivity contribution in [3.63, 3.8) is 0 Å². The van der Waals surface area contributed by atoms with Crippen LogP contribution >= 0.6 is 0 Å². The molecule has 0 unspecified atom stereocenters. The predicted octanol–water partition coefficient (Wildman–Crippen LogP) is 1.61. The Balaban J connectivity index is 1.66. The van der Waals surface area contributed by atoms with Gasteiger partial charge in [-0.05, 0) is 25.7 Å². The Kier molecular flexibility index (Phi) is 3.50. The van der Waals surface area contributed by atoms with E-state index >= 15 is 0 Å². The van der Waals surface area contributed by atoms with E-state index in [-0.39, 0.29) is 18.1 Å². The molecule has 3 heterocycles. The average Bonchev–Trinajstić information content (AvgIpc) is 3.07. The highest BCUT2D eigenvalue weighted by molar-refractivity contribution is 5.77. The molecule has 2 aliphatic heterocycles. The summed E-state index contributed by atoms with van der Waals surface area (Å²) in [7, 11) is 0. The monoisotopic (exact) mass is 265 g/mol. The maximum absolute atomic E-state index is 12.4. The molecular formula is C13H19N3O3. The van der Waals surface area contributed by atoms with Gasteiger partial charge in [-0.3, -0.25) is 4.79 Å². The molecule has 19 heavy (non-hydrogen) atoms. The lowest BCUT2D eigenvalue weighted by molar-refractivity contribution is -0.134. The lowest BCUT2D eigenvalue weighted by Gasteiger charge is -2.23. The Labute approximate surface area is 112 Å². The fraction of sp³-hybridized carbons (Fsp3) is 0.769. The zero-order valence-electron chi connectivity index (χ0n) is 11.2. The van der Waals surface area contributed by atoms with Gasteiger partial charge in [-0.1, -0.05) is 5.16 Å². The van der Waals surface area contributed by atoms with Gasteiger partial charge in [0.15, 0.2) is 5.82 Å². The highest BCUT2D eigenvalue weighted by Gasteiger charge is 2.34. The smallest absolute Gasteiger partial charge is 0.225 e. The maximum atomic E-state index is 12.4. The summed E-state index contributed by atoms with van der Waals surface area (Å²) >= 11 is 0. The largest absolute Gasteiger partial charge is 0.378 e. The van der Waals surface area contributed by atoms with E-state index in [1.807, 2.05) is 4.90 Å². The van der Waals surface area contributed by atoms with Gasteiger partial charge in [-0.2, -0.15) is 4.98 Å². The zero-order valence-corrected chi connectivity index (χ0v) is 11.2. The molecule has 1 aromatic rings. The van der Waals surface area contributed by atoms with Crippen molar-refractivity contribution >= 4 is 5.91 Å². The van der Waals surface area contributed by atoms with Crippen LogP contribution in [0.2, 0.25) is 0 Å². The molecule has 104 valence electrons. The molecule has 0 aromatic carbocycles. The minimum Gasteiger partial charge on any atom is -0.378 e. The SMILES string of the molecule is Cc1nc([C@H]2CCCN2C(=O)C[C@@H]2CCCO2)no1. The lowest BCUT2D eigenvalue weighted by atomic mass is 10.1. The first-order valence-electron chi connectivity index (χ1n) is 6.95. The zero-order chi connectivity index (χ0) is 13.2. The molecule has 0 bridgehead atoms. The van der Waals surface area contributed by atoms with Gasteiger partial charge < -0.3 is 14.2 Å². The number of ether oxygens (including phenoxy) is 1. The van der Waals surface area contributed by atoms with Crippen LogP contribution in [0.1, 0.15) is 49.9 Å². The van der Waals surface area contributed by atoms with Gasteiger partial charge in [0, 0.05) is 20.1 Å². The molecule has 2 saturated heterocycles. The number of aromatic nitrogens is 2. The molecule has 0 aliphatic carbocycles. The van der Waals surface area contributed by atoms with Crippen molar-refractivity contribution < 1.29 is 14.1 Å². The fourth-order valence-corrected chi connectivity index (χ4v) is 2.90. The number of hydrogen-bond acceptors (Lipinski definition) is 5. The molecule has 0 N–H and O–H groups in total. The number of rotatable bonds is 3. The quantitative estimate of drug-likeness (QED) is 0.830. The molecule has 6 nitrogen and oxygen atoms in total. The summed E-state index contributed by atoms with van der Waals surface area (Å²) in [5.41, 5.74) is 0. The maximum Gasteiger partial charge on any atom is 0.225 e. The second kappa shape index (κ2) is 5.28. The fourth-order valence-electron chi connectivity index (χ4n) is 2.90. The average molecular weight is 265 g/mol. The molecular weight excluding hydrogens is 246 g/mol. The molecule has 3 rings (SSSR count). The standard InChI is InChI=1S/C13H19N3O3/c1-9-14-13(15-19-9)11-5-2-6-16(11)12(17)8-10-4-3-7-18-10/h10-11H,2-8H2,1H3/t10-,11+/m0/s1. The second-order valence-corrected chi connectivity index (χ2v) is 5.26. The minimum atomic E-state index is -0.0219. The van der Waals surface area contributed by atoms with Crippen molar-refractivity contribution in [2.75, 3.05) is 13.2 Å². The predicted molar refractivity (Wildman–Crippen MR) is 66.3 cm³/mol. The van der Waals surface area contributed by atoms with Crippen LogP contribution in [0.25, 0.3) is 0 Å². The van der Waals surface area contributed by atoms with E-state index in [9.17, 15) is 4.79 Å². The first-order chi connectivity index (χ1) is 9.24. The summed E-state index contributed by atoms with van der Waals surface area (Å²) in [5, 5.41) is 3.95. The molecule has 2 atom stereocenters. The third-order valence-corrected chi connectivity index (χ3v) is 3.84. The Morgan fingerprint density at radius 1 is 1.42 bits per heavy atom. The minimum absolute atomic E-state index is 0.0219. The lowest BCUT2D eigenvalue weighted by Crippen LogP contribution is -2.33. The summed E-state index contributed by atoms with van der Waals surface area (Å²) in [6.07, 6.45) is 4.54. The van der Waals surface area contributed by atoms with Gasteiger partial charge in [-0.15, -0.1) is 0 Å². The number of carbonyl (C=O) groups is 1. The first kappa shape index (κ1) is 12.6. The number of nitrogens with zero attached hydrogens (tertiary/aromatic N) is 3. The van der Waals surface area contributed by atoms with Crippen LogP contribution in [0, 0.1) is 6.92 Å². The molecule has 6 heteroatoms. The van der Waals surface area contributed by atoms with E-state index in [1.54, 1.807) is 6.92 Å². The first-order valence-corrected chi connectivity index (χ1v) is 6.95. The van der Waals surface area contributed by atoms with Crippen LogP contribution in [-0.2, 0) is 9.53 Å². The topological polar surface area (TPSA) is 68.5 Å². The van der Waals surface area contributed by atoms with E-state index in [1.165, 1.54) is 0 Å². The van der Waals surface area contributed by atoms with Crippen LogP contribution in [0.5, 0.6) is 0 Å². The number of carbonyl (C=O) groups excluding carboxylic acids is 1.